The molecule has 1 rings (SSSR count). The number of benzene rings is 1. The second kappa shape index (κ2) is 8.99. The van der Waals surface area contributed by atoms with Gasteiger partial charge in [0.05, 0.1) is 6.54 Å². The van der Waals surface area contributed by atoms with E-state index in [4.69, 9.17) is 0 Å². The van der Waals surface area contributed by atoms with Crippen molar-refractivity contribution in [3.05, 3.63) is 35.4 Å². The van der Waals surface area contributed by atoms with Gasteiger partial charge in [0.1, 0.15) is 0 Å². The number of likely N-dealkylation sites (N-methyl/N-ethyl adjacent to an activating group) is 1. The summed E-state index contributed by atoms with van der Waals surface area (Å²) in [6.45, 7) is 13.4. The number of hydrogen-bond acceptors (Lipinski definition) is 2. The van der Waals surface area contributed by atoms with Crippen molar-refractivity contribution in [2.45, 2.75) is 53.4 Å². The van der Waals surface area contributed by atoms with Crippen LogP contribution in [0.3, 0.4) is 0 Å². The molecule has 0 aromatic heterocycles. The summed E-state index contributed by atoms with van der Waals surface area (Å²) in [6, 6.07) is 8.11. The molecule has 0 aliphatic carbocycles. The molecule has 0 heterocycles. The molecule has 0 aliphatic heterocycles. The maximum Gasteiger partial charge on any atom is 0.176 e. The summed E-state index contributed by atoms with van der Waals surface area (Å²) >= 11 is 0. The Labute approximate surface area is 130 Å². The van der Waals surface area contributed by atoms with Gasteiger partial charge in [0.15, 0.2) is 5.78 Å². The van der Waals surface area contributed by atoms with Crippen molar-refractivity contribution in [2.24, 2.45) is 5.92 Å². The zero-order valence-corrected chi connectivity index (χ0v) is 14.4. The van der Waals surface area contributed by atoms with Crippen LogP contribution in [0.25, 0.3) is 0 Å². The molecule has 118 valence electrons. The van der Waals surface area contributed by atoms with Gasteiger partial charge >= 0.3 is 0 Å². The lowest BCUT2D eigenvalue weighted by Gasteiger charge is -2.24. The highest BCUT2D eigenvalue weighted by molar-refractivity contribution is 5.97. The molecule has 0 amide bonds. The van der Waals surface area contributed by atoms with Crippen molar-refractivity contribution < 1.29 is 4.79 Å². The lowest BCUT2D eigenvalue weighted by Crippen LogP contribution is -2.34. The Morgan fingerprint density at radius 2 is 1.62 bits per heavy atom. The maximum absolute atomic E-state index is 12.4. The van der Waals surface area contributed by atoms with Gasteiger partial charge in [-0.2, -0.15) is 0 Å². The number of carbonyl (C=O) groups is 1. The first-order valence-electron chi connectivity index (χ1n) is 8.37. The van der Waals surface area contributed by atoms with Gasteiger partial charge < -0.3 is 0 Å². The van der Waals surface area contributed by atoms with Crippen LogP contribution in [0.4, 0.5) is 0 Å². The van der Waals surface area contributed by atoms with E-state index in [1.54, 1.807) is 0 Å². The average molecular weight is 289 g/mol. The van der Waals surface area contributed by atoms with Gasteiger partial charge in [0.2, 0.25) is 0 Å². The van der Waals surface area contributed by atoms with Crippen LogP contribution in [0.1, 0.15) is 69.3 Å². The van der Waals surface area contributed by atoms with Crippen molar-refractivity contribution >= 4 is 5.78 Å². The summed E-state index contributed by atoms with van der Waals surface area (Å²) in [7, 11) is 0. The molecule has 21 heavy (non-hydrogen) atoms. The Bertz CT molecular complexity index is 418. The van der Waals surface area contributed by atoms with E-state index < -0.39 is 0 Å². The first-order valence-corrected chi connectivity index (χ1v) is 8.37. The monoisotopic (exact) mass is 289 g/mol. The fourth-order valence-electron chi connectivity index (χ4n) is 2.57. The van der Waals surface area contributed by atoms with Gasteiger partial charge in [-0.25, -0.2) is 0 Å². The topological polar surface area (TPSA) is 20.3 Å². The average Bonchev–Trinajstić information content (AvgIpc) is 2.51. The first kappa shape index (κ1) is 17.9. The van der Waals surface area contributed by atoms with E-state index >= 15 is 0 Å². The van der Waals surface area contributed by atoms with E-state index in [2.05, 4.69) is 51.7 Å². The minimum Gasteiger partial charge on any atom is -0.296 e. The van der Waals surface area contributed by atoms with Crippen LogP contribution in [0.5, 0.6) is 0 Å². The summed E-state index contributed by atoms with van der Waals surface area (Å²) in [5.41, 5.74) is 2.12. The van der Waals surface area contributed by atoms with E-state index in [9.17, 15) is 4.79 Å². The van der Waals surface area contributed by atoms with Crippen molar-refractivity contribution in [3.63, 3.8) is 0 Å². The molecule has 0 fully saturated rings. The normalized spacial score (nSPS) is 11.6. The number of nitrogens with zero attached hydrogens (tertiary/aromatic N) is 1. The standard InChI is InChI=1S/C19H31NO/c1-6-16(7-2)13-20(8-3)14-19(21)18-11-9-17(10-12-18)15(4)5/h9-12,15-16H,6-8,13-14H2,1-5H3. The van der Waals surface area contributed by atoms with Crippen LogP contribution in [-0.4, -0.2) is 30.3 Å². The van der Waals surface area contributed by atoms with Gasteiger partial charge in [-0.3, -0.25) is 9.69 Å². The highest BCUT2D eigenvalue weighted by atomic mass is 16.1. The summed E-state index contributed by atoms with van der Waals surface area (Å²) in [5.74, 6) is 1.44. The molecule has 1 aromatic carbocycles. The van der Waals surface area contributed by atoms with Gasteiger partial charge in [-0.1, -0.05) is 71.7 Å². The highest BCUT2D eigenvalue weighted by Gasteiger charge is 2.14. The zero-order chi connectivity index (χ0) is 15.8. The quantitative estimate of drug-likeness (QED) is 0.611. The number of hydrogen-bond donors (Lipinski definition) is 0. The molecular weight excluding hydrogens is 258 g/mol. The summed E-state index contributed by atoms with van der Waals surface area (Å²) in [5, 5.41) is 0. The molecule has 0 radical (unpaired) electrons. The Kier molecular flexibility index (Phi) is 7.66. The fourth-order valence-corrected chi connectivity index (χ4v) is 2.57. The van der Waals surface area contributed by atoms with E-state index in [1.165, 1.54) is 18.4 Å². The van der Waals surface area contributed by atoms with Gasteiger partial charge in [0, 0.05) is 12.1 Å². The highest BCUT2D eigenvalue weighted by Crippen LogP contribution is 2.16. The van der Waals surface area contributed by atoms with Crippen molar-refractivity contribution in [1.82, 2.24) is 4.90 Å². The molecule has 0 unspecified atom stereocenters. The van der Waals surface area contributed by atoms with Gasteiger partial charge in [-0.05, 0) is 23.9 Å². The van der Waals surface area contributed by atoms with Crippen molar-refractivity contribution in [2.75, 3.05) is 19.6 Å². The minimum atomic E-state index is 0.234. The first-order chi connectivity index (χ1) is 10.0. The van der Waals surface area contributed by atoms with E-state index in [1.807, 2.05) is 12.1 Å². The maximum atomic E-state index is 12.4. The van der Waals surface area contributed by atoms with E-state index in [0.29, 0.717) is 18.4 Å². The van der Waals surface area contributed by atoms with Gasteiger partial charge in [0.25, 0.3) is 0 Å². The second-order valence-corrected chi connectivity index (χ2v) is 6.21. The molecular formula is C19H31NO. The van der Waals surface area contributed by atoms with Crippen molar-refractivity contribution in [1.29, 1.82) is 0 Å². The molecule has 0 spiro atoms. The second-order valence-electron chi connectivity index (χ2n) is 6.21. The third kappa shape index (κ3) is 5.62. The lowest BCUT2D eigenvalue weighted by atomic mass is 10.00. The van der Waals surface area contributed by atoms with Crippen LogP contribution in [0.15, 0.2) is 24.3 Å². The molecule has 0 aliphatic rings. The molecule has 0 atom stereocenters. The summed E-state index contributed by atoms with van der Waals surface area (Å²) in [6.07, 6.45) is 2.37. The molecule has 1 aromatic rings. The van der Waals surface area contributed by atoms with Crippen LogP contribution in [-0.2, 0) is 0 Å². The lowest BCUT2D eigenvalue weighted by molar-refractivity contribution is 0.0920. The van der Waals surface area contributed by atoms with Crippen molar-refractivity contribution in [3.8, 4) is 0 Å². The Balaban J connectivity index is 2.65. The number of Topliss-reactive ketones (excluding diaryl/α,β-unsaturated/α-hetero) is 1. The van der Waals surface area contributed by atoms with Crippen LogP contribution >= 0.6 is 0 Å². The summed E-state index contributed by atoms with van der Waals surface area (Å²) in [4.78, 5) is 14.7. The fraction of sp³-hybridized carbons (Fsp3) is 0.632. The third-order valence-electron chi connectivity index (χ3n) is 4.38. The largest absolute Gasteiger partial charge is 0.296 e. The Hall–Kier alpha value is -1.15. The molecule has 0 saturated carbocycles. The molecule has 0 N–H and O–H groups in total. The molecule has 2 nitrogen and oxygen atoms in total. The molecule has 2 heteroatoms. The summed E-state index contributed by atoms with van der Waals surface area (Å²) < 4.78 is 0. The number of rotatable bonds is 9. The predicted octanol–water partition coefficient (Wildman–Crippen LogP) is 4.75. The third-order valence-corrected chi connectivity index (χ3v) is 4.38. The predicted molar refractivity (Wildman–Crippen MR) is 91.0 cm³/mol. The van der Waals surface area contributed by atoms with E-state index in [0.717, 1.165) is 18.7 Å². The molecule has 0 saturated heterocycles. The zero-order valence-electron chi connectivity index (χ0n) is 14.4. The number of carbonyl (C=O) groups excluding carboxylic acids is 1. The SMILES string of the molecule is CCC(CC)CN(CC)CC(=O)c1ccc(C(C)C)cc1. The van der Waals surface area contributed by atoms with Crippen LogP contribution in [0, 0.1) is 5.92 Å². The molecule has 0 bridgehead atoms. The number of ketones is 1. The van der Waals surface area contributed by atoms with Gasteiger partial charge in [-0.15, -0.1) is 0 Å². The smallest absolute Gasteiger partial charge is 0.176 e. The minimum absolute atomic E-state index is 0.234. The van der Waals surface area contributed by atoms with Crippen LogP contribution in [0.2, 0.25) is 0 Å². The van der Waals surface area contributed by atoms with E-state index in [-0.39, 0.29) is 5.78 Å². The Morgan fingerprint density at radius 1 is 1.05 bits per heavy atom. The van der Waals surface area contributed by atoms with Crippen LogP contribution < -0.4 is 0 Å². The Morgan fingerprint density at radius 3 is 2.05 bits per heavy atom.